The molecule has 3 rings (SSSR count). The van der Waals surface area contributed by atoms with Gasteiger partial charge in [0.05, 0.1) is 10.3 Å². The molecule has 0 radical (unpaired) electrons. The molecule has 0 saturated heterocycles. The Morgan fingerprint density at radius 3 is 2.03 bits per heavy atom. The number of benzene rings is 3. The summed E-state index contributed by atoms with van der Waals surface area (Å²) < 4.78 is 64.9. The second kappa shape index (κ2) is 7.37. The van der Waals surface area contributed by atoms with Crippen LogP contribution in [-0.2, 0) is 20.2 Å². The van der Waals surface area contributed by atoms with E-state index >= 15 is 0 Å². The lowest BCUT2D eigenvalue weighted by Gasteiger charge is -2.11. The van der Waals surface area contributed by atoms with Crippen LogP contribution in [-0.4, -0.2) is 41.3 Å². The summed E-state index contributed by atoms with van der Waals surface area (Å²) in [7, 11) is -9.87. The Balaban J connectivity index is 2.40. The second-order valence-electron chi connectivity index (χ2n) is 5.89. The molecule has 0 unspecified atom stereocenters. The van der Waals surface area contributed by atoms with Gasteiger partial charge in [0.1, 0.15) is 33.5 Å². The number of phenols is 3. The zero-order valence-corrected chi connectivity index (χ0v) is 16.8. The number of hydrogen-bond acceptors (Lipinski definition) is 9. The summed E-state index contributed by atoms with van der Waals surface area (Å²) in [4.78, 5) is -1.83. The van der Waals surface area contributed by atoms with Crippen molar-refractivity contribution in [2.45, 2.75) is 9.79 Å². The van der Waals surface area contributed by atoms with E-state index in [0.717, 1.165) is 0 Å². The third kappa shape index (κ3) is 4.15. The lowest BCUT2D eigenvalue weighted by molar-refractivity contribution is 0.464. The zero-order chi connectivity index (χ0) is 22.4. The van der Waals surface area contributed by atoms with Crippen LogP contribution in [0.3, 0.4) is 0 Å². The van der Waals surface area contributed by atoms with Crippen molar-refractivity contribution in [1.29, 1.82) is 0 Å². The molecule has 3 aromatic carbocycles. The molecule has 0 saturated carbocycles. The Bertz CT molecular complexity index is 1440. The van der Waals surface area contributed by atoms with Crippen LogP contribution in [0, 0.1) is 0 Å². The quantitative estimate of drug-likeness (QED) is 0.277. The topological polar surface area (TPSA) is 194 Å². The van der Waals surface area contributed by atoms with Crippen molar-refractivity contribution in [1.82, 2.24) is 0 Å². The number of nitrogens with zero attached hydrogens (tertiary/aromatic N) is 2. The molecule has 0 aliphatic rings. The van der Waals surface area contributed by atoms with Gasteiger partial charge in [0.2, 0.25) is 0 Å². The molecule has 3 aromatic rings. The highest BCUT2D eigenvalue weighted by Gasteiger charge is 2.25. The van der Waals surface area contributed by atoms with E-state index in [1.807, 2.05) is 0 Å². The van der Waals surface area contributed by atoms with E-state index in [2.05, 4.69) is 10.2 Å². The molecule has 0 aliphatic carbocycles. The van der Waals surface area contributed by atoms with Crippen molar-refractivity contribution in [2.24, 2.45) is 10.2 Å². The maximum atomic E-state index is 11.7. The summed E-state index contributed by atoms with van der Waals surface area (Å²) >= 11 is 5.80. The molecule has 0 spiro atoms. The Morgan fingerprint density at radius 1 is 0.767 bits per heavy atom. The molecule has 0 aliphatic heterocycles. The Labute approximate surface area is 174 Å². The minimum absolute atomic E-state index is 0.136. The van der Waals surface area contributed by atoms with Gasteiger partial charge in [-0.3, -0.25) is 9.11 Å². The number of hydrogen-bond donors (Lipinski definition) is 5. The molecule has 0 amide bonds. The summed E-state index contributed by atoms with van der Waals surface area (Å²) in [5.74, 6) is -2.08. The van der Waals surface area contributed by atoms with Crippen LogP contribution in [0.1, 0.15) is 0 Å². The normalized spacial score (nSPS) is 12.6. The highest BCUT2D eigenvalue weighted by atomic mass is 35.5. The van der Waals surface area contributed by atoms with Crippen molar-refractivity contribution < 1.29 is 41.3 Å². The lowest BCUT2D eigenvalue weighted by atomic mass is 10.1. The zero-order valence-electron chi connectivity index (χ0n) is 14.4. The number of halogens is 1. The van der Waals surface area contributed by atoms with Gasteiger partial charge in [0.15, 0.2) is 0 Å². The van der Waals surface area contributed by atoms with Crippen molar-refractivity contribution in [2.75, 3.05) is 0 Å². The molecule has 14 heteroatoms. The molecular formula is C16H11ClN2O9S2. The maximum Gasteiger partial charge on any atom is 0.295 e. The first-order chi connectivity index (χ1) is 13.8. The standard InChI is InChI=1S/C16H11ClN2O9S2/c17-7-1-2-11(20)10(3-7)18-19-16-13(22)6-14(30(26,27)28)9-4-8(29(23,24)25)5-12(21)15(9)16/h1-6,20-22H,(H,23,24,25)(H,26,27,28). The lowest BCUT2D eigenvalue weighted by Crippen LogP contribution is -2.02. The largest absolute Gasteiger partial charge is 0.507 e. The number of aromatic hydroxyl groups is 3. The van der Waals surface area contributed by atoms with E-state index in [9.17, 15) is 41.3 Å². The molecule has 0 bridgehead atoms. The van der Waals surface area contributed by atoms with Crippen molar-refractivity contribution in [3.63, 3.8) is 0 Å². The minimum atomic E-state index is -5.00. The summed E-state index contributed by atoms with van der Waals surface area (Å²) in [6, 6.07) is 5.60. The average Bonchev–Trinajstić information content (AvgIpc) is 2.61. The van der Waals surface area contributed by atoms with Gasteiger partial charge in [-0.1, -0.05) is 11.6 Å². The maximum absolute atomic E-state index is 11.7. The summed E-state index contributed by atoms with van der Waals surface area (Å²) in [6.45, 7) is 0. The number of phenolic OH excluding ortho intramolecular Hbond substituents is 3. The summed E-state index contributed by atoms with van der Waals surface area (Å²) in [5.41, 5.74) is -0.654. The Kier molecular flexibility index (Phi) is 5.34. The van der Waals surface area contributed by atoms with Crippen LogP contribution in [0.4, 0.5) is 11.4 Å². The van der Waals surface area contributed by atoms with Gasteiger partial charge < -0.3 is 15.3 Å². The fourth-order valence-electron chi connectivity index (χ4n) is 2.59. The Hall–Kier alpha value is -2.97. The number of azo groups is 1. The molecule has 0 fully saturated rings. The third-order valence-electron chi connectivity index (χ3n) is 3.87. The van der Waals surface area contributed by atoms with E-state index in [4.69, 9.17) is 11.6 Å². The first kappa shape index (κ1) is 21.7. The van der Waals surface area contributed by atoms with E-state index in [1.165, 1.54) is 18.2 Å². The molecule has 0 aromatic heterocycles. The van der Waals surface area contributed by atoms with Crippen LogP contribution in [0.2, 0.25) is 5.02 Å². The van der Waals surface area contributed by atoms with Crippen molar-refractivity contribution >= 4 is 54.0 Å². The molecule has 0 heterocycles. The SMILES string of the molecule is O=S(=O)(O)c1cc(O)c2c(N=Nc3cc(Cl)ccc3O)c(O)cc(S(=O)(=O)O)c2c1. The molecule has 158 valence electrons. The first-order valence-electron chi connectivity index (χ1n) is 7.67. The highest BCUT2D eigenvalue weighted by Crippen LogP contribution is 2.45. The molecular weight excluding hydrogens is 464 g/mol. The minimum Gasteiger partial charge on any atom is -0.507 e. The first-order valence-corrected chi connectivity index (χ1v) is 10.9. The van der Waals surface area contributed by atoms with Gasteiger partial charge in [-0.05, 0) is 24.3 Å². The van der Waals surface area contributed by atoms with Gasteiger partial charge in [-0.15, -0.1) is 10.2 Å². The van der Waals surface area contributed by atoms with Crippen LogP contribution in [0.15, 0.2) is 56.4 Å². The molecule has 30 heavy (non-hydrogen) atoms. The predicted octanol–water partition coefficient (Wildman–Crippen LogP) is 3.52. The van der Waals surface area contributed by atoms with Gasteiger partial charge >= 0.3 is 0 Å². The van der Waals surface area contributed by atoms with E-state index < -0.39 is 58.0 Å². The fraction of sp³-hybridized carbons (Fsp3) is 0. The fourth-order valence-corrected chi connectivity index (χ4v) is 3.98. The molecule has 0 atom stereocenters. The van der Waals surface area contributed by atoms with Crippen LogP contribution in [0.25, 0.3) is 10.8 Å². The van der Waals surface area contributed by atoms with E-state index in [-0.39, 0.29) is 16.5 Å². The molecule has 5 N–H and O–H groups in total. The summed E-state index contributed by atoms with van der Waals surface area (Å²) in [6.07, 6.45) is 0. The highest BCUT2D eigenvalue weighted by molar-refractivity contribution is 7.86. The van der Waals surface area contributed by atoms with Gasteiger partial charge in [0, 0.05) is 22.5 Å². The van der Waals surface area contributed by atoms with E-state index in [0.29, 0.717) is 18.2 Å². The van der Waals surface area contributed by atoms with Crippen LogP contribution in [0.5, 0.6) is 17.2 Å². The van der Waals surface area contributed by atoms with Gasteiger partial charge in [-0.25, -0.2) is 0 Å². The van der Waals surface area contributed by atoms with E-state index in [1.54, 1.807) is 0 Å². The Morgan fingerprint density at radius 2 is 1.43 bits per heavy atom. The average molecular weight is 475 g/mol. The number of rotatable bonds is 4. The van der Waals surface area contributed by atoms with Crippen molar-refractivity contribution in [3.05, 3.63) is 41.4 Å². The monoisotopic (exact) mass is 474 g/mol. The smallest absolute Gasteiger partial charge is 0.295 e. The third-order valence-corrected chi connectivity index (χ3v) is 5.83. The van der Waals surface area contributed by atoms with Crippen LogP contribution >= 0.6 is 11.6 Å². The molecule has 11 nitrogen and oxygen atoms in total. The van der Waals surface area contributed by atoms with Gasteiger partial charge in [0.25, 0.3) is 20.2 Å². The second-order valence-corrected chi connectivity index (χ2v) is 9.14. The predicted molar refractivity (Wildman–Crippen MR) is 104 cm³/mol. The van der Waals surface area contributed by atoms with Gasteiger partial charge in [-0.2, -0.15) is 16.8 Å². The van der Waals surface area contributed by atoms with Crippen molar-refractivity contribution in [3.8, 4) is 17.2 Å². The number of fused-ring (bicyclic) bond motifs is 1. The summed E-state index contributed by atoms with van der Waals surface area (Å²) in [5, 5.41) is 36.8. The van der Waals surface area contributed by atoms with Crippen LogP contribution < -0.4 is 0 Å².